The van der Waals surface area contributed by atoms with E-state index in [2.05, 4.69) is 5.16 Å². The van der Waals surface area contributed by atoms with Crippen LogP contribution < -0.4 is 14.4 Å². The number of imide groups is 1. The van der Waals surface area contributed by atoms with Crippen molar-refractivity contribution in [3.63, 3.8) is 0 Å². The molecule has 0 spiro atoms. The number of rotatable bonds is 4. The Morgan fingerprint density at radius 1 is 0.875 bits per heavy atom. The molecule has 0 N–H and O–H groups in total. The molecule has 3 fully saturated rings. The van der Waals surface area contributed by atoms with Gasteiger partial charge in [0.2, 0.25) is 11.8 Å². The molecule has 2 aromatic carbocycles. The van der Waals surface area contributed by atoms with Crippen molar-refractivity contribution in [3.8, 4) is 11.5 Å². The summed E-state index contributed by atoms with van der Waals surface area (Å²) in [6, 6.07) is 12.9. The molecule has 6 atom stereocenters. The molecule has 4 heterocycles. The molecule has 8 nitrogen and oxygen atoms in total. The van der Waals surface area contributed by atoms with Crippen molar-refractivity contribution in [1.82, 2.24) is 0 Å². The van der Waals surface area contributed by atoms with Crippen LogP contribution in [-0.4, -0.2) is 50.1 Å². The molecule has 6 unspecified atom stereocenters. The summed E-state index contributed by atoms with van der Waals surface area (Å²) in [5.41, 5.74) is 3.10. The Bertz CT molecular complexity index is 1160. The van der Waals surface area contributed by atoms with Gasteiger partial charge in [-0.15, -0.1) is 0 Å². The van der Waals surface area contributed by atoms with E-state index in [0.29, 0.717) is 22.9 Å². The highest BCUT2D eigenvalue weighted by molar-refractivity contribution is 6.23. The molecule has 6 rings (SSSR count). The molecule has 2 bridgehead atoms. The summed E-state index contributed by atoms with van der Waals surface area (Å²) in [4.78, 5) is 33.8. The van der Waals surface area contributed by atoms with E-state index in [-0.39, 0.29) is 17.7 Å². The highest BCUT2D eigenvalue weighted by Crippen LogP contribution is 2.55. The maximum Gasteiger partial charge on any atom is 0.240 e. The molecule has 3 saturated heterocycles. The van der Waals surface area contributed by atoms with Gasteiger partial charge in [0, 0.05) is 11.6 Å². The van der Waals surface area contributed by atoms with Gasteiger partial charge in [-0.2, -0.15) is 0 Å². The molecule has 0 saturated carbocycles. The number of fused-ring (bicyclic) bond motifs is 8. The Balaban J connectivity index is 1.35. The second kappa shape index (κ2) is 6.80. The quantitative estimate of drug-likeness (QED) is 0.687. The van der Waals surface area contributed by atoms with Crippen LogP contribution in [0.15, 0.2) is 47.6 Å². The summed E-state index contributed by atoms with van der Waals surface area (Å²) >= 11 is 0. The Morgan fingerprint density at radius 3 is 2.28 bits per heavy atom. The monoisotopic (exact) mass is 434 g/mol. The maximum absolute atomic E-state index is 13.4. The lowest BCUT2D eigenvalue weighted by atomic mass is 9.71. The Kier molecular flexibility index (Phi) is 4.10. The number of hydrogen-bond donors (Lipinski definition) is 0. The summed E-state index contributed by atoms with van der Waals surface area (Å²) in [6.07, 6.45) is -1.39. The van der Waals surface area contributed by atoms with Crippen LogP contribution in [0, 0.1) is 24.7 Å². The topological polar surface area (TPSA) is 86.7 Å². The van der Waals surface area contributed by atoms with E-state index in [1.807, 2.05) is 31.2 Å². The first kappa shape index (κ1) is 19.3. The number of anilines is 1. The molecular weight excluding hydrogens is 412 g/mol. The highest BCUT2D eigenvalue weighted by Gasteiger charge is 2.72. The van der Waals surface area contributed by atoms with Crippen molar-refractivity contribution < 1.29 is 28.6 Å². The number of methoxy groups -OCH3 is 2. The van der Waals surface area contributed by atoms with Crippen molar-refractivity contribution in [2.45, 2.75) is 25.2 Å². The molecule has 0 aromatic heterocycles. The van der Waals surface area contributed by atoms with Gasteiger partial charge in [-0.05, 0) is 31.2 Å². The third-order valence-electron chi connectivity index (χ3n) is 7.02. The number of carbonyl (C=O) groups is 2. The van der Waals surface area contributed by atoms with Gasteiger partial charge in [-0.3, -0.25) is 9.59 Å². The summed E-state index contributed by atoms with van der Waals surface area (Å²) in [5, 5.41) is 4.34. The van der Waals surface area contributed by atoms with E-state index in [1.54, 1.807) is 32.4 Å². The van der Waals surface area contributed by atoms with Crippen LogP contribution in [0.5, 0.6) is 11.5 Å². The number of nitrogens with zero attached hydrogens (tertiary/aromatic N) is 2. The van der Waals surface area contributed by atoms with Crippen molar-refractivity contribution in [1.29, 1.82) is 0 Å². The van der Waals surface area contributed by atoms with Gasteiger partial charge < -0.3 is 19.0 Å². The van der Waals surface area contributed by atoms with Gasteiger partial charge in [0.1, 0.15) is 23.3 Å². The lowest BCUT2D eigenvalue weighted by Crippen LogP contribution is -2.45. The largest absolute Gasteiger partial charge is 0.497 e. The van der Waals surface area contributed by atoms with Crippen molar-refractivity contribution >= 4 is 23.2 Å². The molecule has 4 aliphatic heterocycles. The predicted molar refractivity (Wildman–Crippen MR) is 114 cm³/mol. The zero-order valence-electron chi connectivity index (χ0n) is 17.8. The standard InChI is InChI=1S/C24H22N2O6/c1-11-4-6-12(7-5-11)26-23(27)16-17(24(26)28)21-22-18(20(16)31-21)19(25-32-22)14-9-8-13(29-2)10-15(14)30-3/h4-10,16-18,20-22H,1-3H3. The van der Waals surface area contributed by atoms with Crippen molar-refractivity contribution in [3.05, 3.63) is 53.6 Å². The van der Waals surface area contributed by atoms with Gasteiger partial charge in [0.05, 0.1) is 43.8 Å². The number of ether oxygens (including phenoxy) is 3. The average molecular weight is 434 g/mol. The lowest BCUT2D eigenvalue weighted by Gasteiger charge is -2.26. The van der Waals surface area contributed by atoms with E-state index in [0.717, 1.165) is 11.1 Å². The van der Waals surface area contributed by atoms with Crippen LogP contribution in [0.2, 0.25) is 0 Å². The zero-order chi connectivity index (χ0) is 22.1. The molecule has 8 heteroatoms. The molecule has 2 amide bonds. The van der Waals surface area contributed by atoms with E-state index >= 15 is 0 Å². The molecule has 0 radical (unpaired) electrons. The molecule has 0 aliphatic carbocycles. The first-order chi connectivity index (χ1) is 15.5. The lowest BCUT2D eigenvalue weighted by molar-refractivity contribution is -0.125. The molecule has 4 aliphatic rings. The Labute approximate surface area is 184 Å². The summed E-state index contributed by atoms with van der Waals surface area (Å²) in [5.74, 6) is -0.540. The average Bonchev–Trinajstić information content (AvgIpc) is 3.54. The normalized spacial score (nSPS) is 32.0. The fourth-order valence-corrected chi connectivity index (χ4v) is 5.54. The maximum atomic E-state index is 13.4. The number of hydrogen-bond acceptors (Lipinski definition) is 7. The number of amides is 2. The van der Waals surface area contributed by atoms with Gasteiger partial charge in [-0.25, -0.2) is 4.90 Å². The molecule has 32 heavy (non-hydrogen) atoms. The van der Waals surface area contributed by atoms with E-state index in [1.165, 1.54) is 4.90 Å². The number of oxime groups is 1. The van der Waals surface area contributed by atoms with Gasteiger partial charge in [0.25, 0.3) is 0 Å². The molecule has 164 valence electrons. The summed E-state index contributed by atoms with van der Waals surface area (Å²) in [7, 11) is 3.17. The SMILES string of the molecule is COc1ccc(C2=NOC3C4OC(C23)C2C(=O)N(c3ccc(C)cc3)C(=O)C42)c(OC)c1. The van der Waals surface area contributed by atoms with E-state index in [4.69, 9.17) is 19.0 Å². The van der Waals surface area contributed by atoms with Crippen LogP contribution in [0.1, 0.15) is 11.1 Å². The van der Waals surface area contributed by atoms with Gasteiger partial charge in [0.15, 0.2) is 6.10 Å². The zero-order valence-corrected chi connectivity index (χ0v) is 17.8. The van der Waals surface area contributed by atoms with Crippen molar-refractivity contribution in [2.24, 2.45) is 22.9 Å². The van der Waals surface area contributed by atoms with Crippen LogP contribution in [0.4, 0.5) is 5.69 Å². The minimum atomic E-state index is -0.553. The number of carbonyl (C=O) groups excluding carboxylic acids is 2. The second-order valence-electron chi connectivity index (χ2n) is 8.60. The van der Waals surface area contributed by atoms with E-state index < -0.39 is 30.1 Å². The predicted octanol–water partition coefficient (Wildman–Crippen LogP) is 2.32. The van der Waals surface area contributed by atoms with Crippen LogP contribution in [0.25, 0.3) is 0 Å². The summed E-state index contributed by atoms with van der Waals surface area (Å²) in [6.45, 7) is 1.97. The third-order valence-corrected chi connectivity index (χ3v) is 7.02. The first-order valence-electron chi connectivity index (χ1n) is 10.6. The van der Waals surface area contributed by atoms with Crippen LogP contribution in [-0.2, 0) is 19.2 Å². The van der Waals surface area contributed by atoms with Gasteiger partial charge >= 0.3 is 0 Å². The van der Waals surface area contributed by atoms with Gasteiger partial charge in [-0.1, -0.05) is 22.9 Å². The Hall–Kier alpha value is -3.39. The molecule has 2 aromatic rings. The minimum Gasteiger partial charge on any atom is -0.497 e. The Morgan fingerprint density at radius 2 is 1.59 bits per heavy atom. The highest BCUT2D eigenvalue weighted by atomic mass is 16.7. The van der Waals surface area contributed by atoms with Crippen molar-refractivity contribution in [2.75, 3.05) is 19.1 Å². The second-order valence-corrected chi connectivity index (χ2v) is 8.60. The number of aryl methyl sites for hydroxylation is 1. The van der Waals surface area contributed by atoms with Crippen LogP contribution >= 0.6 is 0 Å². The summed E-state index contributed by atoms with van der Waals surface area (Å²) < 4.78 is 17.0. The minimum absolute atomic E-state index is 0.220. The molecular formula is C24H22N2O6. The fraction of sp³-hybridized carbons (Fsp3) is 0.375. The first-order valence-corrected chi connectivity index (χ1v) is 10.6. The smallest absolute Gasteiger partial charge is 0.240 e. The third kappa shape index (κ3) is 2.44. The number of benzene rings is 2. The van der Waals surface area contributed by atoms with Crippen LogP contribution in [0.3, 0.4) is 0 Å². The van der Waals surface area contributed by atoms with E-state index in [9.17, 15) is 9.59 Å². The fourth-order valence-electron chi connectivity index (χ4n) is 5.54.